The highest BCUT2D eigenvalue weighted by atomic mass is 15.3. The lowest BCUT2D eigenvalue weighted by atomic mass is 10.1. The molecule has 2 aromatic rings. The van der Waals surface area contributed by atoms with E-state index in [2.05, 4.69) is 87.5 Å². The van der Waals surface area contributed by atoms with Gasteiger partial charge in [-0.1, -0.05) is 42.5 Å². The van der Waals surface area contributed by atoms with Crippen LogP contribution in [-0.2, 0) is 0 Å². The fraction of sp³-hybridized carbons (Fsp3) is 0.450. The average molecular weight is 352 g/mol. The number of hydrogen-bond acceptors (Lipinski definition) is 6. The van der Waals surface area contributed by atoms with Crippen molar-refractivity contribution in [1.82, 2.24) is 20.1 Å². The van der Waals surface area contributed by atoms with Crippen LogP contribution in [0.4, 0.5) is 11.8 Å². The molecule has 1 aliphatic rings. The maximum absolute atomic E-state index is 4.62. The predicted molar refractivity (Wildman–Crippen MR) is 107 cm³/mol. The van der Waals surface area contributed by atoms with Gasteiger partial charge in [-0.25, -0.2) is 0 Å². The van der Waals surface area contributed by atoms with Gasteiger partial charge < -0.3 is 10.2 Å². The minimum absolute atomic E-state index is 0.0793. The third-order valence-corrected chi connectivity index (χ3v) is 4.20. The lowest BCUT2D eigenvalue weighted by Crippen LogP contribution is -2.46. The van der Waals surface area contributed by atoms with Gasteiger partial charge in [0.15, 0.2) is 5.82 Å². The SMILES string of the molecule is CC(C)(C)Nc1nncc(N2CCN(C/C=C/c3ccccc3)CC2)n1. The van der Waals surface area contributed by atoms with E-state index in [1.165, 1.54) is 5.56 Å². The monoisotopic (exact) mass is 352 g/mol. The minimum Gasteiger partial charge on any atom is -0.353 e. The first-order valence-corrected chi connectivity index (χ1v) is 9.16. The zero-order valence-electron chi connectivity index (χ0n) is 15.9. The molecule has 1 aliphatic heterocycles. The molecule has 1 aromatic heterocycles. The highest BCUT2D eigenvalue weighted by molar-refractivity contribution is 5.48. The van der Waals surface area contributed by atoms with E-state index in [4.69, 9.17) is 0 Å². The molecule has 0 bridgehead atoms. The molecule has 138 valence electrons. The summed E-state index contributed by atoms with van der Waals surface area (Å²) >= 11 is 0. The normalized spacial score (nSPS) is 16.2. The number of benzene rings is 1. The summed E-state index contributed by atoms with van der Waals surface area (Å²) in [5.74, 6) is 1.48. The lowest BCUT2D eigenvalue weighted by molar-refractivity contribution is 0.283. The van der Waals surface area contributed by atoms with Gasteiger partial charge in [-0.15, -0.1) is 5.10 Å². The first-order chi connectivity index (χ1) is 12.5. The molecule has 0 aliphatic carbocycles. The summed E-state index contributed by atoms with van der Waals surface area (Å²) in [6.45, 7) is 11.2. The van der Waals surface area contributed by atoms with Crippen molar-refractivity contribution < 1.29 is 0 Å². The van der Waals surface area contributed by atoms with Crippen LogP contribution >= 0.6 is 0 Å². The van der Waals surface area contributed by atoms with Gasteiger partial charge in [0.2, 0.25) is 5.95 Å². The number of nitrogens with one attached hydrogen (secondary N) is 1. The van der Waals surface area contributed by atoms with Crippen LogP contribution in [0, 0.1) is 0 Å². The van der Waals surface area contributed by atoms with Gasteiger partial charge in [0, 0.05) is 38.3 Å². The van der Waals surface area contributed by atoms with Crippen molar-refractivity contribution in [2.45, 2.75) is 26.3 Å². The Balaban J connectivity index is 1.51. The summed E-state index contributed by atoms with van der Waals surface area (Å²) in [7, 11) is 0. The predicted octanol–water partition coefficient (Wildman–Crippen LogP) is 2.92. The highest BCUT2D eigenvalue weighted by Crippen LogP contribution is 2.16. The van der Waals surface area contributed by atoms with Crippen LogP contribution < -0.4 is 10.2 Å². The lowest BCUT2D eigenvalue weighted by Gasteiger charge is -2.34. The van der Waals surface area contributed by atoms with Crippen LogP contribution in [0.2, 0.25) is 0 Å². The smallest absolute Gasteiger partial charge is 0.245 e. The Morgan fingerprint density at radius 2 is 1.81 bits per heavy atom. The van der Waals surface area contributed by atoms with Gasteiger partial charge in [0.1, 0.15) is 0 Å². The second-order valence-corrected chi connectivity index (χ2v) is 7.61. The molecular formula is C20H28N6. The van der Waals surface area contributed by atoms with Crippen molar-refractivity contribution in [3.63, 3.8) is 0 Å². The average Bonchev–Trinajstić information content (AvgIpc) is 2.62. The molecule has 0 spiro atoms. The van der Waals surface area contributed by atoms with Gasteiger partial charge in [-0.05, 0) is 26.3 Å². The first-order valence-electron chi connectivity index (χ1n) is 9.16. The van der Waals surface area contributed by atoms with Crippen LogP contribution in [0.3, 0.4) is 0 Å². The number of aromatic nitrogens is 3. The first kappa shape index (κ1) is 18.3. The van der Waals surface area contributed by atoms with E-state index >= 15 is 0 Å². The van der Waals surface area contributed by atoms with Crippen molar-refractivity contribution in [3.8, 4) is 0 Å². The van der Waals surface area contributed by atoms with E-state index in [1.807, 2.05) is 6.07 Å². The molecule has 1 fully saturated rings. The van der Waals surface area contributed by atoms with Gasteiger partial charge in [0.05, 0.1) is 6.20 Å². The van der Waals surface area contributed by atoms with E-state index in [9.17, 15) is 0 Å². The fourth-order valence-electron chi connectivity index (χ4n) is 2.90. The molecule has 3 rings (SSSR count). The summed E-state index contributed by atoms with van der Waals surface area (Å²) < 4.78 is 0. The summed E-state index contributed by atoms with van der Waals surface area (Å²) in [5, 5.41) is 11.5. The Labute approximate surface area is 156 Å². The number of nitrogens with zero attached hydrogens (tertiary/aromatic N) is 5. The molecule has 6 nitrogen and oxygen atoms in total. The second kappa shape index (κ2) is 8.27. The van der Waals surface area contributed by atoms with E-state index in [1.54, 1.807) is 6.20 Å². The Morgan fingerprint density at radius 3 is 2.50 bits per heavy atom. The third-order valence-electron chi connectivity index (χ3n) is 4.20. The van der Waals surface area contributed by atoms with Crippen molar-refractivity contribution in [1.29, 1.82) is 0 Å². The summed E-state index contributed by atoms with van der Waals surface area (Å²) in [6, 6.07) is 10.4. The molecule has 1 aromatic carbocycles. The highest BCUT2D eigenvalue weighted by Gasteiger charge is 2.19. The van der Waals surface area contributed by atoms with Gasteiger partial charge in [-0.2, -0.15) is 10.1 Å². The van der Waals surface area contributed by atoms with Crippen molar-refractivity contribution in [2.75, 3.05) is 42.9 Å². The Morgan fingerprint density at radius 1 is 1.08 bits per heavy atom. The molecule has 6 heteroatoms. The van der Waals surface area contributed by atoms with E-state index in [0.29, 0.717) is 5.95 Å². The Kier molecular flexibility index (Phi) is 5.83. The molecule has 0 atom stereocenters. The zero-order valence-corrected chi connectivity index (χ0v) is 15.9. The number of rotatable bonds is 5. The van der Waals surface area contributed by atoms with Gasteiger partial charge >= 0.3 is 0 Å². The van der Waals surface area contributed by atoms with Crippen LogP contribution in [0.25, 0.3) is 6.08 Å². The Bertz CT molecular complexity index is 715. The van der Waals surface area contributed by atoms with Crippen molar-refractivity contribution >= 4 is 17.8 Å². The largest absolute Gasteiger partial charge is 0.353 e. The van der Waals surface area contributed by atoms with Crippen LogP contribution in [0.15, 0.2) is 42.6 Å². The Hall–Kier alpha value is -2.47. The second-order valence-electron chi connectivity index (χ2n) is 7.61. The minimum atomic E-state index is -0.0793. The maximum atomic E-state index is 4.62. The zero-order chi connectivity index (χ0) is 18.4. The van der Waals surface area contributed by atoms with Crippen molar-refractivity contribution in [2.24, 2.45) is 0 Å². The van der Waals surface area contributed by atoms with Gasteiger partial charge in [-0.3, -0.25) is 4.90 Å². The molecule has 2 heterocycles. The van der Waals surface area contributed by atoms with E-state index < -0.39 is 0 Å². The molecule has 1 saturated heterocycles. The number of piperazine rings is 1. The van der Waals surface area contributed by atoms with E-state index in [0.717, 1.165) is 38.5 Å². The molecular weight excluding hydrogens is 324 g/mol. The van der Waals surface area contributed by atoms with Crippen molar-refractivity contribution in [3.05, 3.63) is 48.2 Å². The fourth-order valence-corrected chi connectivity index (χ4v) is 2.90. The maximum Gasteiger partial charge on any atom is 0.245 e. The third kappa shape index (κ3) is 5.52. The summed E-state index contributed by atoms with van der Waals surface area (Å²) in [4.78, 5) is 9.35. The molecule has 0 amide bonds. The topological polar surface area (TPSA) is 57.2 Å². The van der Waals surface area contributed by atoms with E-state index in [-0.39, 0.29) is 5.54 Å². The quantitative estimate of drug-likeness (QED) is 0.893. The van der Waals surface area contributed by atoms with Gasteiger partial charge in [0.25, 0.3) is 0 Å². The van der Waals surface area contributed by atoms with Crippen LogP contribution in [0.1, 0.15) is 26.3 Å². The molecule has 0 unspecified atom stereocenters. The molecule has 26 heavy (non-hydrogen) atoms. The standard InChI is InChI=1S/C20H28N6/c1-20(2,3)23-19-22-18(16-21-24-19)26-14-12-25(13-15-26)11-7-10-17-8-5-4-6-9-17/h4-10,16H,11-15H2,1-3H3,(H,22,23,24)/b10-7+. The number of hydrogen-bond donors (Lipinski definition) is 1. The molecule has 0 saturated carbocycles. The molecule has 1 N–H and O–H groups in total. The summed E-state index contributed by atoms with van der Waals surface area (Å²) in [5.41, 5.74) is 1.17. The summed E-state index contributed by atoms with van der Waals surface area (Å²) in [6.07, 6.45) is 6.17. The van der Waals surface area contributed by atoms with Crippen LogP contribution in [-0.4, -0.2) is 58.3 Å². The van der Waals surface area contributed by atoms with Crippen LogP contribution in [0.5, 0.6) is 0 Å². The number of anilines is 2. The molecule has 0 radical (unpaired) electrons.